The first-order chi connectivity index (χ1) is 5.17. The highest BCUT2D eigenvalue weighted by molar-refractivity contribution is 7.99. The lowest BCUT2D eigenvalue weighted by atomic mass is 9.83. The minimum absolute atomic E-state index is 0.480. The van der Waals surface area contributed by atoms with Crippen LogP contribution in [0.2, 0.25) is 0 Å². The van der Waals surface area contributed by atoms with Gasteiger partial charge in [-0.3, -0.25) is 0 Å². The molecule has 0 spiro atoms. The molecule has 0 radical (unpaired) electrons. The average Bonchev–Trinajstić information content (AvgIpc) is 2.06. The van der Waals surface area contributed by atoms with Crippen molar-refractivity contribution in [2.45, 2.75) is 33.2 Å². The Bertz CT molecular complexity index is 117. The van der Waals surface area contributed by atoms with Gasteiger partial charge in [0.05, 0.1) is 0 Å². The van der Waals surface area contributed by atoms with E-state index in [9.17, 15) is 0 Å². The van der Waals surface area contributed by atoms with E-state index in [-0.39, 0.29) is 0 Å². The van der Waals surface area contributed by atoms with Crippen LogP contribution in [0.4, 0.5) is 0 Å². The normalized spacial score (nSPS) is 27.0. The summed E-state index contributed by atoms with van der Waals surface area (Å²) in [5, 5.41) is 3.59. The van der Waals surface area contributed by atoms with Crippen molar-refractivity contribution in [3.8, 4) is 0 Å². The van der Waals surface area contributed by atoms with Crippen molar-refractivity contribution in [2.75, 3.05) is 18.1 Å². The fourth-order valence-electron chi connectivity index (χ4n) is 1.31. The highest BCUT2D eigenvalue weighted by Crippen LogP contribution is 2.28. The van der Waals surface area contributed by atoms with Gasteiger partial charge in [-0.2, -0.15) is 11.8 Å². The number of rotatable bonds is 2. The summed E-state index contributed by atoms with van der Waals surface area (Å²) in [4.78, 5) is 0. The molecule has 0 unspecified atom stereocenters. The molecule has 2 heteroatoms. The fourth-order valence-corrected chi connectivity index (χ4v) is 2.55. The average molecular weight is 173 g/mol. The molecule has 1 N–H and O–H groups in total. The standard InChI is InChI=1S/C9H19NS/c1-4-9(2,3)8-7-11-6-5-10-8/h8,10H,4-7H2,1-3H3/t8-/m0/s1. The zero-order chi connectivity index (χ0) is 8.32. The third-order valence-electron chi connectivity index (χ3n) is 2.78. The van der Waals surface area contributed by atoms with E-state index in [4.69, 9.17) is 0 Å². The largest absolute Gasteiger partial charge is 0.312 e. The Kier molecular flexibility index (Phi) is 3.26. The van der Waals surface area contributed by atoms with E-state index >= 15 is 0 Å². The van der Waals surface area contributed by atoms with Gasteiger partial charge in [0.25, 0.3) is 0 Å². The summed E-state index contributed by atoms with van der Waals surface area (Å²) in [7, 11) is 0. The zero-order valence-corrected chi connectivity index (χ0v) is 8.63. The van der Waals surface area contributed by atoms with Gasteiger partial charge in [0.15, 0.2) is 0 Å². The minimum Gasteiger partial charge on any atom is -0.312 e. The van der Waals surface area contributed by atoms with Crippen molar-refractivity contribution in [2.24, 2.45) is 5.41 Å². The van der Waals surface area contributed by atoms with Crippen LogP contribution < -0.4 is 5.32 Å². The molecule has 0 aliphatic carbocycles. The van der Waals surface area contributed by atoms with Gasteiger partial charge in [0.1, 0.15) is 0 Å². The molecular weight excluding hydrogens is 154 g/mol. The van der Waals surface area contributed by atoms with Crippen LogP contribution in [0.1, 0.15) is 27.2 Å². The van der Waals surface area contributed by atoms with Gasteiger partial charge in [-0.25, -0.2) is 0 Å². The predicted octanol–water partition coefficient (Wildman–Crippen LogP) is 2.13. The second kappa shape index (κ2) is 3.81. The molecular formula is C9H19NS. The summed E-state index contributed by atoms with van der Waals surface area (Å²) >= 11 is 2.08. The maximum absolute atomic E-state index is 3.59. The third kappa shape index (κ3) is 2.38. The van der Waals surface area contributed by atoms with E-state index in [0.717, 1.165) is 6.04 Å². The number of nitrogens with one attached hydrogen (secondary N) is 1. The molecule has 1 heterocycles. The van der Waals surface area contributed by atoms with Gasteiger partial charge in [0, 0.05) is 24.1 Å². The summed E-state index contributed by atoms with van der Waals surface area (Å²) in [6.45, 7) is 8.19. The van der Waals surface area contributed by atoms with Gasteiger partial charge in [-0.05, 0) is 11.8 Å². The Balaban J connectivity index is 2.43. The van der Waals surface area contributed by atoms with Crippen molar-refractivity contribution in [1.82, 2.24) is 5.32 Å². The van der Waals surface area contributed by atoms with Crippen molar-refractivity contribution >= 4 is 11.8 Å². The lowest BCUT2D eigenvalue weighted by Crippen LogP contribution is -2.47. The van der Waals surface area contributed by atoms with Crippen molar-refractivity contribution in [1.29, 1.82) is 0 Å². The lowest BCUT2D eigenvalue weighted by Gasteiger charge is -2.36. The molecule has 1 fully saturated rings. The molecule has 1 rings (SSSR count). The molecule has 11 heavy (non-hydrogen) atoms. The molecule has 0 aromatic heterocycles. The van der Waals surface area contributed by atoms with Gasteiger partial charge < -0.3 is 5.32 Å². The van der Waals surface area contributed by atoms with Gasteiger partial charge in [-0.1, -0.05) is 20.8 Å². The van der Waals surface area contributed by atoms with E-state index < -0.39 is 0 Å². The van der Waals surface area contributed by atoms with Crippen LogP contribution in [0.5, 0.6) is 0 Å². The van der Waals surface area contributed by atoms with Crippen molar-refractivity contribution < 1.29 is 0 Å². The van der Waals surface area contributed by atoms with Gasteiger partial charge >= 0.3 is 0 Å². The Morgan fingerprint density at radius 3 is 2.73 bits per heavy atom. The zero-order valence-electron chi connectivity index (χ0n) is 7.81. The second-order valence-electron chi connectivity index (χ2n) is 3.92. The molecule has 0 saturated carbocycles. The molecule has 0 aromatic carbocycles. The van der Waals surface area contributed by atoms with Crippen molar-refractivity contribution in [3.05, 3.63) is 0 Å². The molecule has 0 amide bonds. The topological polar surface area (TPSA) is 12.0 Å². The highest BCUT2D eigenvalue weighted by Gasteiger charge is 2.28. The van der Waals surface area contributed by atoms with Crippen LogP contribution in [0.15, 0.2) is 0 Å². The molecule has 1 aliphatic heterocycles. The van der Waals surface area contributed by atoms with Crippen LogP contribution in [0.3, 0.4) is 0 Å². The Morgan fingerprint density at radius 2 is 2.27 bits per heavy atom. The number of thioether (sulfide) groups is 1. The molecule has 0 aromatic rings. The van der Waals surface area contributed by atoms with E-state index in [1.807, 2.05) is 0 Å². The van der Waals surface area contributed by atoms with Gasteiger partial charge in [0.2, 0.25) is 0 Å². The molecule has 1 nitrogen and oxygen atoms in total. The molecule has 1 saturated heterocycles. The van der Waals surface area contributed by atoms with E-state index in [0.29, 0.717) is 5.41 Å². The maximum Gasteiger partial charge on any atom is 0.0209 e. The van der Waals surface area contributed by atoms with E-state index in [1.54, 1.807) is 0 Å². The minimum atomic E-state index is 0.480. The van der Waals surface area contributed by atoms with Gasteiger partial charge in [-0.15, -0.1) is 0 Å². The molecule has 66 valence electrons. The quantitative estimate of drug-likeness (QED) is 0.686. The first-order valence-corrected chi connectivity index (χ1v) is 5.63. The summed E-state index contributed by atoms with van der Waals surface area (Å²) in [5.41, 5.74) is 0.480. The van der Waals surface area contributed by atoms with Crippen LogP contribution in [0.25, 0.3) is 0 Å². The Morgan fingerprint density at radius 1 is 1.55 bits per heavy atom. The summed E-state index contributed by atoms with van der Waals surface area (Å²) in [6, 6.07) is 0.728. The molecule has 1 aliphatic rings. The molecule has 0 bridgehead atoms. The fraction of sp³-hybridized carbons (Fsp3) is 1.00. The Labute approximate surface area is 74.3 Å². The smallest absolute Gasteiger partial charge is 0.0209 e. The Hall–Kier alpha value is 0.310. The summed E-state index contributed by atoms with van der Waals surface area (Å²) in [6.07, 6.45) is 1.27. The lowest BCUT2D eigenvalue weighted by molar-refractivity contribution is 0.251. The maximum atomic E-state index is 3.59. The monoisotopic (exact) mass is 173 g/mol. The number of hydrogen-bond acceptors (Lipinski definition) is 2. The third-order valence-corrected chi connectivity index (χ3v) is 3.84. The van der Waals surface area contributed by atoms with Crippen molar-refractivity contribution in [3.63, 3.8) is 0 Å². The van der Waals surface area contributed by atoms with Crippen LogP contribution in [-0.4, -0.2) is 24.1 Å². The first-order valence-electron chi connectivity index (χ1n) is 4.48. The summed E-state index contributed by atoms with van der Waals surface area (Å²) in [5.74, 6) is 2.58. The van der Waals surface area contributed by atoms with E-state index in [1.165, 1.54) is 24.5 Å². The summed E-state index contributed by atoms with van der Waals surface area (Å²) < 4.78 is 0. The predicted molar refractivity (Wildman–Crippen MR) is 53.2 cm³/mol. The number of hydrogen-bond donors (Lipinski definition) is 1. The van der Waals surface area contributed by atoms with E-state index in [2.05, 4.69) is 37.8 Å². The first kappa shape index (κ1) is 9.40. The van der Waals surface area contributed by atoms with Crippen LogP contribution >= 0.6 is 11.8 Å². The SMILES string of the molecule is CCC(C)(C)[C@@H]1CSCCN1. The van der Waals surface area contributed by atoms with Crippen LogP contribution in [0, 0.1) is 5.41 Å². The second-order valence-corrected chi connectivity index (χ2v) is 5.07. The highest BCUT2D eigenvalue weighted by atomic mass is 32.2. The van der Waals surface area contributed by atoms with Crippen LogP contribution in [-0.2, 0) is 0 Å². The molecule has 1 atom stereocenters.